The van der Waals surface area contributed by atoms with Gasteiger partial charge >= 0.3 is 5.69 Å². The van der Waals surface area contributed by atoms with Crippen LogP contribution in [0.25, 0.3) is 0 Å². The molecule has 1 unspecified atom stereocenters. The van der Waals surface area contributed by atoms with Gasteiger partial charge in [-0.15, -0.1) is 0 Å². The third-order valence-corrected chi connectivity index (χ3v) is 5.93. The van der Waals surface area contributed by atoms with E-state index in [-0.39, 0.29) is 9.90 Å². The van der Waals surface area contributed by atoms with Crippen molar-refractivity contribution in [1.82, 2.24) is 0 Å². The monoisotopic (exact) mass is 290 g/mol. The van der Waals surface area contributed by atoms with Crippen molar-refractivity contribution in [3.8, 4) is 0 Å². The molecule has 2 rings (SSSR count). The molecule has 1 saturated heterocycles. The Morgan fingerprint density at radius 2 is 2.22 bits per heavy atom. The lowest BCUT2D eigenvalue weighted by atomic mass is 10.2. The minimum Gasteiger partial charge on any atom is -0.357 e. The quantitative estimate of drug-likeness (QED) is 0.627. The van der Waals surface area contributed by atoms with Gasteiger partial charge in [0.15, 0.2) is 14.8 Å². The average molecular weight is 290 g/mol. The predicted molar refractivity (Wildman–Crippen MR) is 70.1 cm³/mol. The van der Waals surface area contributed by atoms with E-state index in [4.69, 9.17) is 0 Å². The summed E-state index contributed by atoms with van der Waals surface area (Å²) in [6, 6.07) is 1.16. The standard InChI is InChI=1S/C10H14N2O4S2/c1-7-3-4-11(6-7)10-8(12(13)14)5-9(17-10)18(2,15)16/h5,7H,3-4,6H2,1-2H3. The number of hydrogen-bond acceptors (Lipinski definition) is 6. The molecule has 1 aromatic heterocycles. The second-order valence-corrected chi connectivity index (χ2v) is 7.90. The van der Waals surface area contributed by atoms with E-state index in [9.17, 15) is 18.5 Å². The molecule has 1 aliphatic rings. The number of nitro groups is 1. The molecule has 0 aromatic carbocycles. The van der Waals surface area contributed by atoms with Crippen molar-refractivity contribution in [2.75, 3.05) is 24.2 Å². The van der Waals surface area contributed by atoms with Gasteiger partial charge in [0.05, 0.1) is 4.92 Å². The molecule has 0 radical (unpaired) electrons. The molecule has 6 nitrogen and oxygen atoms in total. The summed E-state index contributed by atoms with van der Waals surface area (Å²) >= 11 is 0.990. The van der Waals surface area contributed by atoms with E-state index in [1.165, 1.54) is 6.07 Å². The topological polar surface area (TPSA) is 80.5 Å². The molecule has 1 aromatic rings. The highest BCUT2D eigenvalue weighted by atomic mass is 32.2. The van der Waals surface area contributed by atoms with Crippen molar-refractivity contribution in [3.63, 3.8) is 0 Å². The molecule has 8 heteroatoms. The Morgan fingerprint density at radius 3 is 2.67 bits per heavy atom. The lowest BCUT2D eigenvalue weighted by Crippen LogP contribution is -2.18. The number of hydrogen-bond donors (Lipinski definition) is 0. The van der Waals surface area contributed by atoms with E-state index in [0.717, 1.165) is 37.1 Å². The molecule has 0 amide bonds. The van der Waals surface area contributed by atoms with Gasteiger partial charge in [-0.25, -0.2) is 8.42 Å². The molecule has 0 bridgehead atoms. The van der Waals surface area contributed by atoms with Crippen molar-refractivity contribution in [1.29, 1.82) is 0 Å². The van der Waals surface area contributed by atoms with Crippen molar-refractivity contribution in [2.24, 2.45) is 5.92 Å². The summed E-state index contributed by atoms with van der Waals surface area (Å²) in [4.78, 5) is 12.4. The minimum absolute atomic E-state index is 0.0590. The number of thiophene rings is 1. The van der Waals surface area contributed by atoms with Crippen LogP contribution in [0.4, 0.5) is 10.7 Å². The molecule has 0 saturated carbocycles. The molecule has 1 atom stereocenters. The Bertz CT molecular complexity index is 579. The summed E-state index contributed by atoms with van der Waals surface area (Å²) in [6.07, 6.45) is 2.04. The van der Waals surface area contributed by atoms with E-state index in [1.54, 1.807) is 0 Å². The lowest BCUT2D eigenvalue weighted by molar-refractivity contribution is -0.383. The fourth-order valence-corrected chi connectivity index (χ4v) is 4.07. The van der Waals surface area contributed by atoms with Crippen molar-refractivity contribution < 1.29 is 13.3 Å². The summed E-state index contributed by atoms with van der Waals surface area (Å²) in [6.45, 7) is 3.56. The van der Waals surface area contributed by atoms with Crippen LogP contribution in [0.15, 0.2) is 10.3 Å². The van der Waals surface area contributed by atoms with E-state index in [1.807, 2.05) is 4.90 Å². The van der Waals surface area contributed by atoms with Gasteiger partial charge in [0.2, 0.25) is 0 Å². The van der Waals surface area contributed by atoms with Crippen LogP contribution in [0, 0.1) is 16.0 Å². The second kappa shape index (κ2) is 4.51. The fraction of sp³-hybridized carbons (Fsp3) is 0.600. The zero-order chi connectivity index (χ0) is 13.5. The minimum atomic E-state index is -3.39. The van der Waals surface area contributed by atoms with Crippen molar-refractivity contribution in [3.05, 3.63) is 16.2 Å². The summed E-state index contributed by atoms with van der Waals surface area (Å²) in [5, 5.41) is 11.5. The molecule has 2 heterocycles. The zero-order valence-electron chi connectivity index (χ0n) is 10.1. The average Bonchev–Trinajstić information content (AvgIpc) is 2.81. The van der Waals surface area contributed by atoms with Crippen LogP contribution in [0.1, 0.15) is 13.3 Å². The Balaban J connectivity index is 2.45. The van der Waals surface area contributed by atoms with Crippen molar-refractivity contribution in [2.45, 2.75) is 17.6 Å². The first-order valence-corrected chi connectivity index (χ1v) is 8.23. The zero-order valence-corrected chi connectivity index (χ0v) is 11.8. The second-order valence-electron chi connectivity index (χ2n) is 4.62. The third kappa shape index (κ3) is 2.49. The van der Waals surface area contributed by atoms with Crippen LogP contribution in [0.3, 0.4) is 0 Å². The van der Waals surface area contributed by atoms with E-state index in [2.05, 4.69) is 6.92 Å². The first-order chi connectivity index (χ1) is 8.29. The molecule has 1 aliphatic heterocycles. The van der Waals surface area contributed by atoms with Gasteiger partial charge in [0.25, 0.3) is 0 Å². The smallest absolute Gasteiger partial charge is 0.305 e. The summed E-state index contributed by atoms with van der Waals surface area (Å²) in [7, 11) is -3.39. The highest BCUT2D eigenvalue weighted by molar-refractivity contribution is 7.92. The summed E-state index contributed by atoms with van der Waals surface area (Å²) in [5.41, 5.74) is -0.102. The maximum absolute atomic E-state index is 11.5. The Morgan fingerprint density at radius 1 is 1.56 bits per heavy atom. The highest BCUT2D eigenvalue weighted by Gasteiger charge is 2.30. The van der Waals surface area contributed by atoms with Gasteiger partial charge in [0.1, 0.15) is 4.21 Å². The van der Waals surface area contributed by atoms with Crippen molar-refractivity contribution >= 4 is 31.9 Å². The first-order valence-electron chi connectivity index (χ1n) is 5.52. The molecule has 18 heavy (non-hydrogen) atoms. The number of sulfone groups is 1. The van der Waals surface area contributed by atoms with E-state index >= 15 is 0 Å². The molecular weight excluding hydrogens is 276 g/mol. The van der Waals surface area contributed by atoms with E-state index < -0.39 is 14.8 Å². The summed E-state index contributed by atoms with van der Waals surface area (Å²) < 4.78 is 23.0. The lowest BCUT2D eigenvalue weighted by Gasteiger charge is -2.14. The van der Waals surface area contributed by atoms with Gasteiger partial charge in [-0.05, 0) is 12.3 Å². The maximum Gasteiger partial charge on any atom is 0.305 e. The molecule has 0 aliphatic carbocycles. The normalized spacial score (nSPS) is 20.3. The Hall–Kier alpha value is -1.15. The van der Waals surface area contributed by atoms with Gasteiger partial charge in [-0.2, -0.15) is 0 Å². The van der Waals surface area contributed by atoms with Gasteiger partial charge in [0, 0.05) is 25.4 Å². The van der Waals surface area contributed by atoms with Crippen LogP contribution in [-0.2, 0) is 9.84 Å². The predicted octanol–water partition coefficient (Wildman–Crippen LogP) is 1.91. The first kappa shape index (κ1) is 13.3. The van der Waals surface area contributed by atoms with E-state index in [0.29, 0.717) is 10.9 Å². The molecule has 100 valence electrons. The molecule has 0 N–H and O–H groups in total. The largest absolute Gasteiger partial charge is 0.357 e. The molecular formula is C10H14N2O4S2. The molecule has 0 spiro atoms. The fourth-order valence-electron chi connectivity index (χ4n) is 2.01. The van der Waals surface area contributed by atoms with Gasteiger partial charge in [-0.1, -0.05) is 18.3 Å². The van der Waals surface area contributed by atoms with Gasteiger partial charge in [-0.3, -0.25) is 10.1 Å². The number of nitrogens with zero attached hydrogens (tertiary/aromatic N) is 2. The number of anilines is 1. The van der Waals surface area contributed by atoms with Crippen LogP contribution in [0.5, 0.6) is 0 Å². The Labute approximate surface area is 109 Å². The van der Waals surface area contributed by atoms with Crippen LogP contribution < -0.4 is 4.90 Å². The van der Waals surface area contributed by atoms with Crippen LogP contribution in [-0.4, -0.2) is 32.7 Å². The SMILES string of the molecule is CC1CCN(c2sc(S(C)(=O)=O)cc2[N+](=O)[O-])C1. The number of rotatable bonds is 3. The highest BCUT2D eigenvalue weighted by Crippen LogP contribution is 2.41. The van der Waals surface area contributed by atoms with Gasteiger partial charge < -0.3 is 4.90 Å². The van der Waals surface area contributed by atoms with Crippen LogP contribution >= 0.6 is 11.3 Å². The maximum atomic E-state index is 11.5. The van der Waals surface area contributed by atoms with Crippen LogP contribution in [0.2, 0.25) is 0 Å². The third-order valence-electron chi connectivity index (χ3n) is 2.94. The Kier molecular flexibility index (Phi) is 3.33. The summed E-state index contributed by atoms with van der Waals surface area (Å²) in [5.74, 6) is 0.480. The molecule has 1 fully saturated rings.